The number of carbonyl (C=O) groups excluding carboxylic acids is 1. The molecule has 132 valence electrons. The Morgan fingerprint density at radius 3 is 2.38 bits per heavy atom. The number of nitrogens with one attached hydrogen (secondary N) is 1. The maximum atomic E-state index is 13.9. The number of halogens is 1. The number of benzene rings is 3. The number of hydrogen-bond acceptors (Lipinski definition) is 3. The minimum Gasteiger partial charge on any atom is -0.497 e. The fraction of sp³-hybridized carbons (Fsp3) is 0.0952. The van der Waals surface area contributed by atoms with Crippen molar-refractivity contribution in [1.29, 1.82) is 0 Å². The lowest BCUT2D eigenvalue weighted by molar-refractivity contribution is 0.102. The fourth-order valence-electron chi connectivity index (χ4n) is 2.39. The second-order valence-corrected chi connectivity index (χ2v) is 5.63. The maximum Gasteiger partial charge on any atom is 0.255 e. The smallest absolute Gasteiger partial charge is 0.255 e. The van der Waals surface area contributed by atoms with Crippen molar-refractivity contribution < 1.29 is 18.7 Å². The molecule has 3 aromatic carbocycles. The Labute approximate surface area is 151 Å². The van der Waals surface area contributed by atoms with E-state index in [2.05, 4.69) is 5.32 Å². The molecule has 5 heteroatoms. The zero-order valence-electron chi connectivity index (χ0n) is 14.2. The van der Waals surface area contributed by atoms with Crippen molar-refractivity contribution in [2.45, 2.75) is 6.61 Å². The molecule has 0 radical (unpaired) electrons. The largest absolute Gasteiger partial charge is 0.497 e. The summed E-state index contributed by atoms with van der Waals surface area (Å²) in [5.74, 6) is 0.110. The first-order valence-electron chi connectivity index (χ1n) is 8.07. The summed E-state index contributed by atoms with van der Waals surface area (Å²) in [5.41, 5.74) is 1.74. The number of rotatable bonds is 6. The number of ether oxygens (including phenoxy) is 2. The van der Waals surface area contributed by atoms with Crippen LogP contribution in [0.3, 0.4) is 0 Å². The van der Waals surface area contributed by atoms with Gasteiger partial charge in [-0.2, -0.15) is 0 Å². The fourth-order valence-corrected chi connectivity index (χ4v) is 2.39. The Morgan fingerprint density at radius 1 is 0.962 bits per heavy atom. The lowest BCUT2D eigenvalue weighted by atomic mass is 10.2. The average Bonchev–Trinajstić information content (AvgIpc) is 2.67. The van der Waals surface area contributed by atoms with Crippen LogP contribution < -0.4 is 14.8 Å². The number of para-hydroxylation sites is 1. The van der Waals surface area contributed by atoms with Gasteiger partial charge in [-0.25, -0.2) is 4.39 Å². The molecule has 0 fully saturated rings. The molecule has 4 nitrogen and oxygen atoms in total. The minimum atomic E-state index is -0.532. The van der Waals surface area contributed by atoms with Gasteiger partial charge in [0.2, 0.25) is 0 Å². The van der Waals surface area contributed by atoms with Crippen LogP contribution in [0.5, 0.6) is 11.5 Å². The third kappa shape index (κ3) is 4.60. The maximum absolute atomic E-state index is 13.9. The van der Waals surface area contributed by atoms with Crippen molar-refractivity contribution in [1.82, 2.24) is 0 Å². The van der Waals surface area contributed by atoms with Gasteiger partial charge < -0.3 is 14.8 Å². The molecule has 1 N–H and O–H groups in total. The summed E-state index contributed by atoms with van der Waals surface area (Å²) in [6.07, 6.45) is 0. The SMILES string of the molecule is COc1ccc(COc2cc(F)cc(C(=O)Nc3ccccc3)c2)cc1. The minimum absolute atomic E-state index is 0.193. The molecule has 0 aliphatic heterocycles. The highest BCUT2D eigenvalue weighted by atomic mass is 19.1. The highest BCUT2D eigenvalue weighted by molar-refractivity contribution is 6.04. The van der Waals surface area contributed by atoms with E-state index in [1.54, 1.807) is 19.2 Å². The highest BCUT2D eigenvalue weighted by Crippen LogP contribution is 2.20. The second kappa shape index (κ2) is 8.16. The molecule has 3 rings (SSSR count). The Morgan fingerprint density at radius 2 is 1.69 bits per heavy atom. The van der Waals surface area contributed by atoms with E-state index in [0.29, 0.717) is 11.4 Å². The van der Waals surface area contributed by atoms with Crippen LogP contribution >= 0.6 is 0 Å². The summed E-state index contributed by atoms with van der Waals surface area (Å²) in [6.45, 7) is 0.257. The molecule has 0 spiro atoms. The second-order valence-electron chi connectivity index (χ2n) is 5.63. The molecule has 0 atom stereocenters. The monoisotopic (exact) mass is 351 g/mol. The Kier molecular flexibility index (Phi) is 5.49. The molecular formula is C21H18FNO3. The van der Waals surface area contributed by atoms with E-state index >= 15 is 0 Å². The molecule has 0 aliphatic carbocycles. The first-order chi connectivity index (χ1) is 12.6. The number of methoxy groups -OCH3 is 1. The van der Waals surface area contributed by atoms with Crippen LogP contribution in [0.2, 0.25) is 0 Å². The third-order valence-electron chi connectivity index (χ3n) is 3.73. The molecule has 0 saturated carbocycles. The van der Waals surface area contributed by atoms with Gasteiger partial charge in [-0.15, -0.1) is 0 Å². The summed E-state index contributed by atoms with van der Waals surface area (Å²) < 4.78 is 24.6. The summed E-state index contributed by atoms with van der Waals surface area (Å²) in [7, 11) is 1.60. The van der Waals surface area contributed by atoms with E-state index in [9.17, 15) is 9.18 Å². The van der Waals surface area contributed by atoms with Gasteiger partial charge in [-0.05, 0) is 42.0 Å². The normalized spacial score (nSPS) is 10.2. The van der Waals surface area contributed by atoms with Crippen LogP contribution in [-0.4, -0.2) is 13.0 Å². The molecule has 0 bridgehead atoms. The quantitative estimate of drug-likeness (QED) is 0.702. The number of carbonyl (C=O) groups is 1. The molecule has 0 aromatic heterocycles. The lowest BCUT2D eigenvalue weighted by Crippen LogP contribution is -2.12. The van der Waals surface area contributed by atoms with Crippen LogP contribution in [-0.2, 0) is 6.61 Å². The Balaban J connectivity index is 1.69. The van der Waals surface area contributed by atoms with Gasteiger partial charge >= 0.3 is 0 Å². The topological polar surface area (TPSA) is 47.6 Å². The summed E-state index contributed by atoms with van der Waals surface area (Å²) in [4.78, 5) is 12.3. The molecule has 26 heavy (non-hydrogen) atoms. The molecule has 3 aromatic rings. The van der Waals surface area contributed by atoms with E-state index in [1.165, 1.54) is 18.2 Å². The van der Waals surface area contributed by atoms with Gasteiger partial charge in [-0.3, -0.25) is 4.79 Å². The van der Waals surface area contributed by atoms with E-state index in [1.807, 2.05) is 42.5 Å². The van der Waals surface area contributed by atoms with Gasteiger partial charge in [0.25, 0.3) is 5.91 Å². The first-order valence-corrected chi connectivity index (χ1v) is 8.07. The molecule has 0 heterocycles. The van der Waals surface area contributed by atoms with Crippen LogP contribution in [0.25, 0.3) is 0 Å². The number of amides is 1. The van der Waals surface area contributed by atoms with Gasteiger partial charge in [0.05, 0.1) is 7.11 Å². The van der Waals surface area contributed by atoms with Crippen molar-refractivity contribution in [3.05, 3.63) is 89.7 Å². The van der Waals surface area contributed by atoms with Crippen LogP contribution in [0, 0.1) is 5.82 Å². The molecule has 0 saturated heterocycles. The predicted molar refractivity (Wildman–Crippen MR) is 98.1 cm³/mol. The van der Waals surface area contributed by atoms with Gasteiger partial charge in [0.15, 0.2) is 0 Å². The van der Waals surface area contributed by atoms with Crippen LogP contribution in [0.15, 0.2) is 72.8 Å². The van der Waals surface area contributed by atoms with Crippen LogP contribution in [0.1, 0.15) is 15.9 Å². The average molecular weight is 351 g/mol. The van der Waals surface area contributed by atoms with Gasteiger partial charge in [0.1, 0.15) is 23.9 Å². The summed E-state index contributed by atoms with van der Waals surface area (Å²) >= 11 is 0. The Hall–Kier alpha value is -3.34. The number of hydrogen-bond donors (Lipinski definition) is 1. The van der Waals surface area contributed by atoms with Crippen molar-refractivity contribution >= 4 is 11.6 Å². The van der Waals surface area contributed by atoms with Crippen LogP contribution in [0.4, 0.5) is 10.1 Å². The lowest BCUT2D eigenvalue weighted by Gasteiger charge is -2.10. The summed E-state index contributed by atoms with van der Waals surface area (Å²) in [6, 6.07) is 20.3. The zero-order valence-corrected chi connectivity index (χ0v) is 14.2. The van der Waals surface area contributed by atoms with Crippen molar-refractivity contribution in [2.75, 3.05) is 12.4 Å². The van der Waals surface area contributed by atoms with E-state index in [0.717, 1.165) is 11.3 Å². The van der Waals surface area contributed by atoms with Gasteiger partial charge in [0, 0.05) is 17.3 Å². The third-order valence-corrected chi connectivity index (χ3v) is 3.73. The standard InChI is InChI=1S/C21H18FNO3/c1-25-19-9-7-15(8-10-19)14-26-20-12-16(11-17(22)13-20)21(24)23-18-5-3-2-4-6-18/h2-13H,14H2,1H3,(H,23,24). The summed E-state index contributed by atoms with van der Waals surface area (Å²) in [5, 5.41) is 2.72. The highest BCUT2D eigenvalue weighted by Gasteiger charge is 2.10. The van der Waals surface area contributed by atoms with Crippen molar-refractivity contribution in [2.24, 2.45) is 0 Å². The molecule has 0 aliphatic rings. The Bertz CT molecular complexity index is 880. The van der Waals surface area contributed by atoms with Gasteiger partial charge in [-0.1, -0.05) is 30.3 Å². The first kappa shape index (κ1) is 17.5. The van der Waals surface area contributed by atoms with E-state index in [4.69, 9.17) is 9.47 Å². The number of anilines is 1. The van der Waals surface area contributed by atoms with E-state index in [-0.39, 0.29) is 12.2 Å². The predicted octanol–water partition coefficient (Wildman–Crippen LogP) is 4.67. The zero-order chi connectivity index (χ0) is 18.4. The molecular weight excluding hydrogens is 333 g/mol. The van der Waals surface area contributed by atoms with E-state index < -0.39 is 11.7 Å². The molecule has 0 unspecified atom stereocenters. The molecule has 1 amide bonds. The van der Waals surface area contributed by atoms with Crippen molar-refractivity contribution in [3.63, 3.8) is 0 Å². The van der Waals surface area contributed by atoms with Crippen molar-refractivity contribution in [3.8, 4) is 11.5 Å².